The zero-order valence-electron chi connectivity index (χ0n) is 13.2. The molecule has 1 heterocycles. The molecule has 1 aliphatic heterocycles. The highest BCUT2D eigenvalue weighted by Gasteiger charge is 2.56. The number of ether oxygens (including phenoxy) is 2. The van der Waals surface area contributed by atoms with E-state index in [0.717, 1.165) is 25.7 Å². The van der Waals surface area contributed by atoms with E-state index >= 15 is 0 Å². The average Bonchev–Trinajstić information content (AvgIpc) is 2.89. The highest BCUT2D eigenvalue weighted by molar-refractivity contribution is 5.91. The Bertz CT molecular complexity index is 600. The summed E-state index contributed by atoms with van der Waals surface area (Å²) in [6.07, 6.45) is 4.36. The van der Waals surface area contributed by atoms with E-state index in [0.29, 0.717) is 5.57 Å². The lowest BCUT2D eigenvalue weighted by Gasteiger charge is -2.35. The maximum Gasteiger partial charge on any atom is 0.334 e. The lowest BCUT2D eigenvalue weighted by atomic mass is 9.79. The van der Waals surface area contributed by atoms with Crippen molar-refractivity contribution in [1.82, 2.24) is 0 Å². The van der Waals surface area contributed by atoms with Crippen LogP contribution in [0.15, 0.2) is 36.0 Å². The number of fused-ring (bicyclic) bond motifs is 3. The first kappa shape index (κ1) is 15.1. The van der Waals surface area contributed by atoms with Gasteiger partial charge in [0.25, 0.3) is 0 Å². The van der Waals surface area contributed by atoms with E-state index < -0.39 is 11.6 Å². The smallest absolute Gasteiger partial charge is 0.334 e. The second kappa shape index (κ2) is 5.11. The number of allylic oxidation sites excluding steroid dienone is 1. The van der Waals surface area contributed by atoms with Gasteiger partial charge in [-0.3, -0.25) is 0 Å². The van der Waals surface area contributed by atoms with Gasteiger partial charge in [-0.25, -0.2) is 9.59 Å². The van der Waals surface area contributed by atoms with Gasteiger partial charge in [0.2, 0.25) is 0 Å². The third-order valence-electron chi connectivity index (χ3n) is 5.48. The van der Waals surface area contributed by atoms with Crippen LogP contribution in [0.3, 0.4) is 0 Å². The Morgan fingerprint density at radius 1 is 1.45 bits per heavy atom. The van der Waals surface area contributed by atoms with Crippen LogP contribution in [0.1, 0.15) is 39.5 Å². The fraction of sp³-hybridized carbons (Fsp3) is 0.556. The summed E-state index contributed by atoms with van der Waals surface area (Å²) in [5, 5.41) is 0. The Morgan fingerprint density at radius 2 is 2.18 bits per heavy atom. The fourth-order valence-corrected chi connectivity index (χ4v) is 4.28. The summed E-state index contributed by atoms with van der Waals surface area (Å²) in [4.78, 5) is 23.7. The van der Waals surface area contributed by atoms with Crippen LogP contribution in [0.2, 0.25) is 0 Å². The van der Waals surface area contributed by atoms with Crippen LogP contribution in [-0.4, -0.2) is 23.6 Å². The Kier molecular flexibility index (Phi) is 3.50. The van der Waals surface area contributed by atoms with E-state index in [1.54, 1.807) is 0 Å². The van der Waals surface area contributed by atoms with Crippen molar-refractivity contribution in [1.29, 1.82) is 0 Å². The molecule has 3 rings (SSSR count). The van der Waals surface area contributed by atoms with E-state index in [2.05, 4.69) is 20.1 Å². The van der Waals surface area contributed by atoms with Gasteiger partial charge in [-0.05, 0) is 39.5 Å². The molecule has 0 bridgehead atoms. The molecule has 0 aromatic rings. The highest BCUT2D eigenvalue weighted by atomic mass is 16.6. The van der Waals surface area contributed by atoms with Crippen molar-refractivity contribution in [3.63, 3.8) is 0 Å². The van der Waals surface area contributed by atoms with E-state index in [9.17, 15) is 9.59 Å². The van der Waals surface area contributed by atoms with E-state index in [1.807, 2.05) is 6.92 Å². The third-order valence-corrected chi connectivity index (χ3v) is 5.48. The number of hydrogen-bond donors (Lipinski definition) is 0. The summed E-state index contributed by atoms with van der Waals surface area (Å²) in [5.74, 6) is -0.791. The summed E-state index contributed by atoms with van der Waals surface area (Å²) in [7, 11) is 0. The molecule has 0 spiro atoms. The maximum atomic E-state index is 12.0. The highest BCUT2D eigenvalue weighted by Crippen LogP contribution is 2.53. The lowest BCUT2D eigenvalue weighted by Crippen LogP contribution is -2.43. The van der Waals surface area contributed by atoms with Crippen LogP contribution in [0.5, 0.6) is 0 Å². The van der Waals surface area contributed by atoms with Gasteiger partial charge in [0, 0.05) is 17.6 Å². The van der Waals surface area contributed by atoms with Crippen molar-refractivity contribution in [3.05, 3.63) is 36.0 Å². The molecule has 0 amide bonds. The lowest BCUT2D eigenvalue weighted by molar-refractivity contribution is -0.161. The van der Waals surface area contributed by atoms with E-state index in [4.69, 9.17) is 9.47 Å². The Balaban J connectivity index is 2.02. The van der Waals surface area contributed by atoms with Gasteiger partial charge in [-0.2, -0.15) is 0 Å². The standard InChI is InChI=1S/C18H22O4/c1-5-14(19)22-18(4)9-8-12-10(2)6-7-13-11(3)17(20)21-16(13)15(12)18/h5,13,15-16H,1,3,6-9H2,2,4H3/t13-,15?,16-,18+/m0/s1. The molecule has 2 fully saturated rings. The summed E-state index contributed by atoms with van der Waals surface area (Å²) in [6, 6.07) is 0. The summed E-state index contributed by atoms with van der Waals surface area (Å²) in [6.45, 7) is 11.5. The first-order valence-corrected chi connectivity index (χ1v) is 7.81. The number of carbonyl (C=O) groups excluding carboxylic acids is 2. The minimum atomic E-state index is -0.653. The Hall–Kier alpha value is -1.84. The van der Waals surface area contributed by atoms with Crippen molar-refractivity contribution < 1.29 is 19.1 Å². The zero-order valence-corrected chi connectivity index (χ0v) is 13.2. The molecule has 0 N–H and O–H groups in total. The van der Waals surface area contributed by atoms with Gasteiger partial charge in [0.15, 0.2) is 0 Å². The number of esters is 2. The quantitative estimate of drug-likeness (QED) is 0.447. The largest absolute Gasteiger partial charge is 0.458 e. The molecule has 4 heteroatoms. The molecule has 1 saturated heterocycles. The van der Waals surface area contributed by atoms with Crippen LogP contribution in [0.4, 0.5) is 0 Å². The van der Waals surface area contributed by atoms with Crippen LogP contribution in [0.25, 0.3) is 0 Å². The second-order valence-electron chi connectivity index (χ2n) is 6.76. The summed E-state index contributed by atoms with van der Waals surface area (Å²) >= 11 is 0. The summed E-state index contributed by atoms with van der Waals surface area (Å²) < 4.78 is 11.3. The molecule has 2 aliphatic carbocycles. The maximum absolute atomic E-state index is 12.0. The zero-order chi connectivity index (χ0) is 16.1. The molecule has 0 aromatic heterocycles. The molecule has 118 valence electrons. The van der Waals surface area contributed by atoms with Crippen molar-refractivity contribution in [2.75, 3.05) is 0 Å². The monoisotopic (exact) mass is 302 g/mol. The second-order valence-corrected chi connectivity index (χ2v) is 6.76. The van der Waals surface area contributed by atoms with Crippen molar-refractivity contribution in [3.8, 4) is 0 Å². The Morgan fingerprint density at radius 3 is 2.86 bits per heavy atom. The first-order valence-electron chi connectivity index (χ1n) is 7.81. The predicted octanol–water partition coefficient (Wildman–Crippen LogP) is 3.09. The third kappa shape index (κ3) is 2.13. The van der Waals surface area contributed by atoms with Gasteiger partial charge in [0.05, 0.1) is 5.92 Å². The van der Waals surface area contributed by atoms with Crippen LogP contribution < -0.4 is 0 Å². The van der Waals surface area contributed by atoms with Gasteiger partial charge in [0.1, 0.15) is 11.7 Å². The molecule has 1 unspecified atom stereocenters. The normalized spacial score (nSPS) is 37.3. The van der Waals surface area contributed by atoms with Crippen LogP contribution in [-0.2, 0) is 19.1 Å². The van der Waals surface area contributed by atoms with Crippen LogP contribution >= 0.6 is 0 Å². The average molecular weight is 302 g/mol. The van der Waals surface area contributed by atoms with Crippen LogP contribution in [0, 0.1) is 11.8 Å². The molecule has 0 aromatic carbocycles. The fourth-order valence-electron chi connectivity index (χ4n) is 4.28. The van der Waals surface area contributed by atoms with Crippen molar-refractivity contribution >= 4 is 11.9 Å². The number of rotatable bonds is 2. The van der Waals surface area contributed by atoms with Gasteiger partial charge in [-0.15, -0.1) is 0 Å². The minimum absolute atomic E-state index is 0.0183. The van der Waals surface area contributed by atoms with Crippen molar-refractivity contribution in [2.45, 2.75) is 51.2 Å². The SMILES string of the molecule is C=CC(=O)O[C@]1(C)CCC2=C(C)CC[C@H]3C(=C)C(=O)O[C@@H]3C21. The number of carbonyl (C=O) groups is 2. The van der Waals surface area contributed by atoms with Gasteiger partial charge >= 0.3 is 11.9 Å². The van der Waals surface area contributed by atoms with Crippen molar-refractivity contribution in [2.24, 2.45) is 11.8 Å². The molecule has 0 radical (unpaired) electrons. The molecule has 22 heavy (non-hydrogen) atoms. The predicted molar refractivity (Wildman–Crippen MR) is 81.9 cm³/mol. The summed E-state index contributed by atoms with van der Waals surface area (Å²) in [5.41, 5.74) is 2.53. The topological polar surface area (TPSA) is 52.6 Å². The Labute approximate surface area is 130 Å². The van der Waals surface area contributed by atoms with E-state index in [1.165, 1.54) is 17.2 Å². The molecule has 4 nitrogen and oxygen atoms in total. The molecule has 4 atom stereocenters. The van der Waals surface area contributed by atoms with E-state index in [-0.39, 0.29) is 23.9 Å². The number of hydrogen-bond acceptors (Lipinski definition) is 4. The van der Waals surface area contributed by atoms with Gasteiger partial charge < -0.3 is 9.47 Å². The molecule has 3 aliphatic rings. The molecular formula is C18H22O4. The first-order chi connectivity index (χ1) is 10.4. The molecular weight excluding hydrogens is 280 g/mol. The minimum Gasteiger partial charge on any atom is -0.458 e. The molecule has 1 saturated carbocycles. The van der Waals surface area contributed by atoms with Gasteiger partial charge in [-0.1, -0.05) is 24.3 Å².